The van der Waals surface area contributed by atoms with Crippen LogP contribution in [0.25, 0.3) is 22.5 Å². The smallest absolute Gasteiger partial charge is 0.203 e. The fraction of sp³-hybridized carbons (Fsp3) is 0.167. The summed E-state index contributed by atoms with van der Waals surface area (Å²) < 4.78 is 8.09. The van der Waals surface area contributed by atoms with Gasteiger partial charge < -0.3 is 4.42 Å². The molecule has 1 aromatic rings. The highest BCUT2D eigenvalue weighted by Crippen LogP contribution is 2.30. The maximum atomic E-state index is 6.01. The van der Waals surface area contributed by atoms with Gasteiger partial charge in [-0.1, -0.05) is 30.3 Å². The second-order valence-corrected chi connectivity index (χ2v) is 5.20. The Hall–Kier alpha value is -2.35. The lowest BCUT2D eigenvalue weighted by Crippen LogP contribution is -2.21. The molecule has 1 aliphatic carbocycles. The summed E-state index contributed by atoms with van der Waals surface area (Å²) in [6.45, 7) is 2.02. The summed E-state index contributed by atoms with van der Waals surface area (Å²) >= 11 is 0. The van der Waals surface area contributed by atoms with E-state index in [-0.39, 0.29) is 0 Å². The minimum Gasteiger partial charge on any atom is -0.460 e. The summed E-state index contributed by atoms with van der Waals surface area (Å²) in [5.74, 6) is 1.87. The molecule has 2 nitrogen and oxygen atoms in total. The third-order valence-corrected chi connectivity index (χ3v) is 3.54. The van der Waals surface area contributed by atoms with E-state index < -0.39 is 0 Å². The van der Waals surface area contributed by atoms with Crippen LogP contribution in [0.5, 0.6) is 0 Å². The Morgan fingerprint density at radius 2 is 1.60 bits per heavy atom. The van der Waals surface area contributed by atoms with E-state index in [9.17, 15) is 0 Å². The predicted octanol–water partition coefficient (Wildman–Crippen LogP) is 3.39. The Kier molecular flexibility index (Phi) is 3.15. The van der Waals surface area contributed by atoms with Crippen LogP contribution in [0.4, 0.5) is 0 Å². The highest BCUT2D eigenvalue weighted by molar-refractivity contribution is 5.72. The molecular weight excluding hydrogens is 246 g/mol. The molecule has 0 atom stereocenters. The van der Waals surface area contributed by atoms with Crippen LogP contribution < -0.4 is 9.93 Å². The quantitative estimate of drug-likeness (QED) is 0.615. The molecule has 0 saturated carbocycles. The van der Waals surface area contributed by atoms with Crippen molar-refractivity contribution in [3.63, 3.8) is 0 Å². The number of hydrogen-bond donors (Lipinski definition) is 0. The van der Waals surface area contributed by atoms with Gasteiger partial charge in [-0.25, -0.2) is 4.58 Å². The fourth-order valence-electron chi connectivity index (χ4n) is 2.39. The molecule has 0 amide bonds. The molecule has 2 aliphatic rings. The summed E-state index contributed by atoms with van der Waals surface area (Å²) in [6.07, 6.45) is 0. The first-order valence-electron chi connectivity index (χ1n) is 6.75. The number of fused-ring (bicyclic) bond motifs is 1. The Morgan fingerprint density at radius 1 is 0.850 bits per heavy atom. The zero-order chi connectivity index (χ0) is 14.1. The standard InChI is InChI=1S/C18H18NO/c1-13-17(14-7-5-4-6-8-14)11-15-9-10-16(19(2)3)12-18(15)20-13/h4-12H,1-3H3/q+1. The zero-order valence-corrected chi connectivity index (χ0v) is 12.1. The summed E-state index contributed by atoms with van der Waals surface area (Å²) in [5.41, 5.74) is 3.46. The van der Waals surface area contributed by atoms with Gasteiger partial charge in [0.2, 0.25) is 5.36 Å². The first kappa shape index (κ1) is 12.7. The highest BCUT2D eigenvalue weighted by Gasteiger charge is 2.11. The van der Waals surface area contributed by atoms with E-state index in [1.54, 1.807) is 0 Å². The van der Waals surface area contributed by atoms with Gasteiger partial charge in [0.05, 0.1) is 6.07 Å². The van der Waals surface area contributed by atoms with Gasteiger partial charge in [0.25, 0.3) is 0 Å². The van der Waals surface area contributed by atoms with Gasteiger partial charge in [-0.2, -0.15) is 0 Å². The largest absolute Gasteiger partial charge is 0.460 e. The highest BCUT2D eigenvalue weighted by atomic mass is 16.3. The Morgan fingerprint density at radius 3 is 2.30 bits per heavy atom. The summed E-state index contributed by atoms with van der Waals surface area (Å²) in [6, 6.07) is 18.8. The Balaban J connectivity index is 2.25. The van der Waals surface area contributed by atoms with Gasteiger partial charge in [-0.15, -0.1) is 0 Å². The van der Waals surface area contributed by atoms with Crippen molar-refractivity contribution in [1.29, 1.82) is 0 Å². The minimum atomic E-state index is 0.924. The average molecular weight is 264 g/mol. The molecule has 1 heterocycles. The molecule has 0 fully saturated rings. The fourth-order valence-corrected chi connectivity index (χ4v) is 2.39. The van der Waals surface area contributed by atoms with E-state index in [0.29, 0.717) is 0 Å². The van der Waals surface area contributed by atoms with Crippen molar-refractivity contribution in [3.05, 3.63) is 65.7 Å². The van der Waals surface area contributed by atoms with E-state index in [0.717, 1.165) is 28.0 Å². The van der Waals surface area contributed by atoms with Gasteiger partial charge in [-0.05, 0) is 24.6 Å². The molecule has 2 heteroatoms. The number of hydrogen-bond acceptors (Lipinski definition) is 1. The number of rotatable bonds is 1. The molecule has 0 N–H and O–H groups in total. The van der Waals surface area contributed by atoms with Gasteiger partial charge >= 0.3 is 0 Å². The monoisotopic (exact) mass is 264 g/mol. The molecule has 20 heavy (non-hydrogen) atoms. The molecule has 0 spiro atoms. The van der Waals surface area contributed by atoms with Crippen molar-refractivity contribution in [2.75, 3.05) is 14.1 Å². The average Bonchev–Trinajstić information content (AvgIpc) is 2.46. The van der Waals surface area contributed by atoms with Crippen LogP contribution in [0.15, 0.2) is 59.0 Å². The third-order valence-electron chi connectivity index (χ3n) is 3.54. The van der Waals surface area contributed by atoms with Crippen molar-refractivity contribution in [2.45, 2.75) is 6.92 Å². The molecule has 0 saturated heterocycles. The Labute approximate surface area is 119 Å². The van der Waals surface area contributed by atoms with Gasteiger partial charge in [0.1, 0.15) is 25.6 Å². The minimum absolute atomic E-state index is 0.924. The second-order valence-electron chi connectivity index (χ2n) is 5.20. The van der Waals surface area contributed by atoms with Crippen molar-refractivity contribution < 1.29 is 4.42 Å². The molecule has 3 rings (SSSR count). The van der Waals surface area contributed by atoms with Crippen LogP contribution in [0.2, 0.25) is 0 Å². The van der Waals surface area contributed by atoms with E-state index >= 15 is 0 Å². The summed E-state index contributed by atoms with van der Waals surface area (Å²) in [5, 5.41) is 1.15. The van der Waals surface area contributed by atoms with E-state index in [1.165, 1.54) is 5.56 Å². The topological polar surface area (TPSA) is 16.1 Å². The maximum absolute atomic E-state index is 6.01. The second kappa shape index (κ2) is 4.97. The zero-order valence-electron chi connectivity index (χ0n) is 12.1. The van der Waals surface area contributed by atoms with Gasteiger partial charge in [0, 0.05) is 17.2 Å². The summed E-state index contributed by atoms with van der Waals surface area (Å²) in [7, 11) is 4.07. The van der Waals surface area contributed by atoms with Crippen molar-refractivity contribution in [1.82, 2.24) is 4.58 Å². The maximum Gasteiger partial charge on any atom is 0.203 e. The first-order valence-corrected chi connectivity index (χ1v) is 6.75. The lowest BCUT2D eigenvalue weighted by molar-refractivity contribution is 0.531. The molecule has 0 unspecified atom stereocenters. The molecule has 100 valence electrons. The van der Waals surface area contributed by atoms with Crippen LogP contribution in [-0.4, -0.2) is 14.1 Å². The van der Waals surface area contributed by atoms with E-state index in [2.05, 4.69) is 41.0 Å². The third kappa shape index (κ3) is 2.25. The lowest BCUT2D eigenvalue weighted by Gasteiger charge is -2.11. The predicted molar refractivity (Wildman–Crippen MR) is 82.6 cm³/mol. The Bertz CT molecular complexity index is 780. The molecule has 0 radical (unpaired) electrons. The van der Waals surface area contributed by atoms with Crippen LogP contribution in [0, 0.1) is 6.92 Å². The van der Waals surface area contributed by atoms with Crippen molar-refractivity contribution in [3.8, 4) is 22.5 Å². The van der Waals surface area contributed by atoms with Crippen molar-refractivity contribution in [2.24, 2.45) is 0 Å². The van der Waals surface area contributed by atoms with Crippen molar-refractivity contribution >= 4 is 0 Å². The first-order chi connectivity index (χ1) is 9.65. The SMILES string of the molecule is Cc1oc2cc(=[N+](C)C)ccc-2cc1-c1ccccc1. The lowest BCUT2D eigenvalue weighted by atomic mass is 10.0. The molecule has 1 aliphatic heterocycles. The molecule has 1 aromatic carbocycles. The van der Waals surface area contributed by atoms with Gasteiger partial charge in [-0.3, -0.25) is 0 Å². The number of aryl methyl sites for hydroxylation is 1. The van der Waals surface area contributed by atoms with Crippen LogP contribution >= 0.6 is 0 Å². The van der Waals surface area contributed by atoms with Crippen LogP contribution in [-0.2, 0) is 0 Å². The van der Waals surface area contributed by atoms with Crippen LogP contribution in [0.3, 0.4) is 0 Å². The number of nitrogens with zero attached hydrogens (tertiary/aromatic N) is 1. The number of benzene rings is 2. The molecule has 0 bridgehead atoms. The molecular formula is C18H18NO+. The summed E-state index contributed by atoms with van der Waals surface area (Å²) in [4.78, 5) is 0. The normalized spacial score (nSPS) is 10.8. The van der Waals surface area contributed by atoms with Crippen LogP contribution in [0.1, 0.15) is 5.76 Å². The van der Waals surface area contributed by atoms with E-state index in [1.807, 2.05) is 39.2 Å². The molecule has 0 aromatic heterocycles. The van der Waals surface area contributed by atoms with E-state index in [4.69, 9.17) is 4.42 Å². The van der Waals surface area contributed by atoms with Gasteiger partial charge in [0.15, 0.2) is 0 Å².